The van der Waals surface area contributed by atoms with Crippen molar-refractivity contribution in [1.29, 1.82) is 0 Å². The molecule has 0 amide bonds. The number of piperidine rings is 1. The lowest BCUT2D eigenvalue weighted by molar-refractivity contribution is -0.124. The number of methoxy groups -OCH3 is 1. The lowest BCUT2D eigenvalue weighted by Gasteiger charge is -2.31. The van der Waals surface area contributed by atoms with Gasteiger partial charge in [-0.05, 0) is 19.8 Å². The summed E-state index contributed by atoms with van der Waals surface area (Å²) in [6.07, 6.45) is 2.46. The molecule has 15 heavy (non-hydrogen) atoms. The summed E-state index contributed by atoms with van der Waals surface area (Å²) >= 11 is 0. The number of ketones is 1. The number of nitrogens with zero attached hydrogens (tertiary/aromatic N) is 1. The number of carbonyl (C=O) groups is 1. The van der Waals surface area contributed by atoms with E-state index in [1.165, 1.54) is 0 Å². The molecular formula is C11H21NO3. The summed E-state index contributed by atoms with van der Waals surface area (Å²) < 4.78 is 10.4. The maximum atomic E-state index is 11.3. The van der Waals surface area contributed by atoms with Crippen molar-refractivity contribution >= 4 is 5.78 Å². The zero-order valence-electron chi connectivity index (χ0n) is 9.70. The van der Waals surface area contributed by atoms with Crippen LogP contribution in [0.2, 0.25) is 0 Å². The van der Waals surface area contributed by atoms with Crippen LogP contribution in [0.15, 0.2) is 0 Å². The van der Waals surface area contributed by atoms with Gasteiger partial charge in [-0.3, -0.25) is 9.69 Å². The van der Waals surface area contributed by atoms with Gasteiger partial charge in [0.15, 0.2) is 5.78 Å². The Balaban J connectivity index is 2.16. The fraction of sp³-hybridized carbons (Fsp3) is 0.909. The van der Waals surface area contributed by atoms with Crippen LogP contribution in [-0.4, -0.2) is 56.7 Å². The molecule has 0 atom stereocenters. The Bertz CT molecular complexity index is 188. The summed E-state index contributed by atoms with van der Waals surface area (Å²) in [5, 5.41) is 0. The van der Waals surface area contributed by atoms with Crippen LogP contribution in [0.4, 0.5) is 0 Å². The minimum Gasteiger partial charge on any atom is -0.378 e. The maximum Gasteiger partial charge on any atom is 0.172 e. The first kappa shape index (κ1) is 12.6. The van der Waals surface area contributed by atoms with Crippen molar-refractivity contribution in [2.45, 2.75) is 25.9 Å². The number of carbonyl (C=O) groups excluding carboxylic acids is 1. The van der Waals surface area contributed by atoms with Crippen molar-refractivity contribution in [3.05, 3.63) is 0 Å². The van der Waals surface area contributed by atoms with Crippen LogP contribution < -0.4 is 0 Å². The molecule has 1 fully saturated rings. The van der Waals surface area contributed by atoms with Gasteiger partial charge in [0.2, 0.25) is 0 Å². The number of ether oxygens (including phenoxy) is 2. The molecule has 0 unspecified atom stereocenters. The largest absolute Gasteiger partial charge is 0.378 e. The third-order valence-corrected chi connectivity index (χ3v) is 2.64. The van der Waals surface area contributed by atoms with Crippen LogP contribution in [0.1, 0.15) is 19.8 Å². The van der Waals surface area contributed by atoms with E-state index in [1.807, 2.05) is 6.92 Å². The first-order valence-electron chi connectivity index (χ1n) is 5.60. The highest BCUT2D eigenvalue weighted by molar-refractivity contribution is 5.81. The normalized spacial score (nSPS) is 19.3. The average molecular weight is 215 g/mol. The van der Waals surface area contributed by atoms with Crippen molar-refractivity contribution in [3.8, 4) is 0 Å². The Hall–Kier alpha value is -0.450. The van der Waals surface area contributed by atoms with Gasteiger partial charge in [0.1, 0.15) is 6.61 Å². The Labute approximate surface area is 91.5 Å². The molecule has 0 aliphatic carbocycles. The highest BCUT2D eigenvalue weighted by Crippen LogP contribution is 2.13. The van der Waals surface area contributed by atoms with Gasteiger partial charge in [-0.2, -0.15) is 0 Å². The lowest BCUT2D eigenvalue weighted by atomic mass is 10.1. The van der Waals surface area contributed by atoms with Gasteiger partial charge in [-0.15, -0.1) is 0 Å². The van der Waals surface area contributed by atoms with Crippen LogP contribution >= 0.6 is 0 Å². The van der Waals surface area contributed by atoms with E-state index >= 15 is 0 Å². The van der Waals surface area contributed by atoms with E-state index in [1.54, 1.807) is 7.11 Å². The Morgan fingerprint density at radius 2 is 2.07 bits per heavy atom. The fourth-order valence-corrected chi connectivity index (χ4v) is 1.93. The van der Waals surface area contributed by atoms with Gasteiger partial charge in [-0.25, -0.2) is 0 Å². The van der Waals surface area contributed by atoms with Crippen molar-refractivity contribution in [2.75, 3.05) is 40.0 Å². The van der Waals surface area contributed by atoms with Crippen LogP contribution in [0.5, 0.6) is 0 Å². The van der Waals surface area contributed by atoms with Crippen LogP contribution in [0.25, 0.3) is 0 Å². The molecule has 0 saturated carbocycles. The van der Waals surface area contributed by atoms with E-state index in [-0.39, 0.29) is 12.4 Å². The summed E-state index contributed by atoms with van der Waals surface area (Å²) in [5.74, 6) is 0.160. The molecule has 0 aromatic carbocycles. The minimum atomic E-state index is 0.160. The molecule has 88 valence electrons. The second kappa shape index (κ2) is 6.93. The second-order valence-corrected chi connectivity index (χ2v) is 3.90. The van der Waals surface area contributed by atoms with E-state index in [0.29, 0.717) is 12.6 Å². The average Bonchev–Trinajstić information content (AvgIpc) is 2.22. The van der Waals surface area contributed by atoms with E-state index in [0.717, 1.165) is 32.5 Å². The molecule has 0 aromatic rings. The van der Waals surface area contributed by atoms with Gasteiger partial charge in [-0.1, -0.05) is 0 Å². The number of hydrogen-bond donors (Lipinski definition) is 0. The third-order valence-electron chi connectivity index (χ3n) is 2.64. The van der Waals surface area contributed by atoms with E-state index in [9.17, 15) is 4.79 Å². The minimum absolute atomic E-state index is 0.160. The smallest absolute Gasteiger partial charge is 0.172 e. The topological polar surface area (TPSA) is 38.8 Å². The molecule has 0 bridgehead atoms. The van der Waals surface area contributed by atoms with E-state index in [4.69, 9.17) is 9.47 Å². The second-order valence-electron chi connectivity index (χ2n) is 3.90. The van der Waals surface area contributed by atoms with E-state index < -0.39 is 0 Å². The number of hydrogen-bond acceptors (Lipinski definition) is 4. The van der Waals surface area contributed by atoms with Crippen molar-refractivity contribution in [3.63, 3.8) is 0 Å². The summed E-state index contributed by atoms with van der Waals surface area (Å²) in [6.45, 7) is 5.47. The lowest BCUT2D eigenvalue weighted by Crippen LogP contribution is -2.40. The molecular weight excluding hydrogens is 194 g/mol. The standard InChI is InChI=1S/C11H21NO3/c1-3-15-11-4-6-12(7-5-11)8-10(13)9-14-2/h11H,3-9H2,1-2H3. The molecule has 1 aliphatic heterocycles. The highest BCUT2D eigenvalue weighted by atomic mass is 16.5. The summed E-state index contributed by atoms with van der Waals surface area (Å²) in [7, 11) is 1.55. The Kier molecular flexibility index (Phi) is 5.83. The molecule has 1 saturated heterocycles. The van der Waals surface area contributed by atoms with Crippen LogP contribution in [0, 0.1) is 0 Å². The predicted molar refractivity (Wildman–Crippen MR) is 58.0 cm³/mol. The first-order valence-corrected chi connectivity index (χ1v) is 5.60. The first-order chi connectivity index (χ1) is 7.26. The van der Waals surface area contributed by atoms with Gasteiger partial charge in [0, 0.05) is 26.8 Å². The van der Waals surface area contributed by atoms with Crippen molar-refractivity contribution < 1.29 is 14.3 Å². The van der Waals surface area contributed by atoms with Gasteiger partial charge < -0.3 is 9.47 Å². The molecule has 0 spiro atoms. The van der Waals surface area contributed by atoms with Gasteiger partial charge in [0.05, 0.1) is 12.6 Å². The van der Waals surface area contributed by atoms with Crippen LogP contribution in [0.3, 0.4) is 0 Å². The number of Topliss-reactive ketones (excluding diaryl/α,β-unsaturated/α-hetero) is 1. The molecule has 1 aliphatic rings. The highest BCUT2D eigenvalue weighted by Gasteiger charge is 2.20. The third kappa shape index (κ3) is 4.73. The maximum absolute atomic E-state index is 11.3. The SMILES string of the molecule is CCOC1CCN(CC(=O)COC)CC1. The molecule has 0 radical (unpaired) electrons. The van der Waals surface area contributed by atoms with Crippen molar-refractivity contribution in [2.24, 2.45) is 0 Å². The number of rotatable bonds is 6. The van der Waals surface area contributed by atoms with Crippen molar-refractivity contribution in [1.82, 2.24) is 4.90 Å². The quantitative estimate of drug-likeness (QED) is 0.654. The van der Waals surface area contributed by atoms with Crippen LogP contribution in [-0.2, 0) is 14.3 Å². The van der Waals surface area contributed by atoms with Gasteiger partial charge in [0.25, 0.3) is 0 Å². The number of likely N-dealkylation sites (tertiary alicyclic amines) is 1. The molecule has 0 N–H and O–H groups in total. The Morgan fingerprint density at radius 1 is 1.40 bits per heavy atom. The predicted octanol–water partition coefficient (Wildman–Crippen LogP) is 0.703. The molecule has 4 nitrogen and oxygen atoms in total. The Morgan fingerprint density at radius 3 is 2.60 bits per heavy atom. The zero-order chi connectivity index (χ0) is 11.1. The summed E-state index contributed by atoms with van der Waals surface area (Å²) in [4.78, 5) is 13.5. The summed E-state index contributed by atoms with van der Waals surface area (Å²) in [6, 6.07) is 0. The fourth-order valence-electron chi connectivity index (χ4n) is 1.93. The van der Waals surface area contributed by atoms with E-state index in [2.05, 4.69) is 4.90 Å². The monoisotopic (exact) mass is 215 g/mol. The summed E-state index contributed by atoms with van der Waals surface area (Å²) in [5.41, 5.74) is 0. The molecule has 0 aromatic heterocycles. The molecule has 1 rings (SSSR count). The zero-order valence-corrected chi connectivity index (χ0v) is 9.70. The molecule has 4 heteroatoms. The van der Waals surface area contributed by atoms with Gasteiger partial charge >= 0.3 is 0 Å². The molecule has 1 heterocycles.